The third-order valence-electron chi connectivity index (χ3n) is 6.45. The lowest BCUT2D eigenvalue weighted by Crippen LogP contribution is -2.36. The van der Waals surface area contributed by atoms with Crippen molar-refractivity contribution in [3.63, 3.8) is 0 Å². The molecule has 1 heterocycles. The topological polar surface area (TPSA) is 62.1 Å². The Morgan fingerprint density at radius 1 is 1.42 bits per heavy atom. The quantitative estimate of drug-likeness (QED) is 0.924. The van der Waals surface area contributed by atoms with Gasteiger partial charge in [-0.25, -0.2) is 0 Å². The first-order valence-electron chi connectivity index (χ1n) is 9.06. The number of hydrogen-bond donors (Lipinski definition) is 1. The van der Waals surface area contributed by atoms with Crippen molar-refractivity contribution in [2.75, 3.05) is 6.61 Å². The van der Waals surface area contributed by atoms with Crippen molar-refractivity contribution in [1.82, 2.24) is 5.32 Å². The number of nitrogens with zero attached hydrogens (tertiary/aromatic N) is 1. The Kier molecular flexibility index (Phi) is 3.85. The van der Waals surface area contributed by atoms with E-state index < -0.39 is 0 Å². The highest BCUT2D eigenvalue weighted by Crippen LogP contribution is 2.55. The maximum Gasteiger partial charge on any atom is 0.136 e. The van der Waals surface area contributed by atoms with Gasteiger partial charge in [-0.05, 0) is 56.7 Å². The number of Topliss-reactive ketones (excluding diaryl/α,β-unsaturated/α-hetero) is 1. The molecule has 4 heteroatoms. The highest BCUT2D eigenvalue weighted by Gasteiger charge is 2.53. The molecule has 1 aromatic rings. The second-order valence-electron chi connectivity index (χ2n) is 7.66. The van der Waals surface area contributed by atoms with Crippen LogP contribution >= 0.6 is 0 Å². The van der Waals surface area contributed by atoms with Crippen LogP contribution < -0.4 is 10.1 Å². The van der Waals surface area contributed by atoms with Gasteiger partial charge in [0.25, 0.3) is 0 Å². The Morgan fingerprint density at radius 2 is 2.29 bits per heavy atom. The molecule has 126 valence electrons. The second kappa shape index (κ2) is 5.89. The molecular weight excluding hydrogens is 300 g/mol. The summed E-state index contributed by atoms with van der Waals surface area (Å²) in [5, 5.41) is 13.0. The van der Waals surface area contributed by atoms with Crippen LogP contribution in [0.2, 0.25) is 0 Å². The minimum Gasteiger partial charge on any atom is -0.493 e. The molecule has 24 heavy (non-hydrogen) atoms. The Bertz CT molecular complexity index is 708. The number of benzene rings is 1. The van der Waals surface area contributed by atoms with Gasteiger partial charge in [-0.15, -0.1) is 0 Å². The summed E-state index contributed by atoms with van der Waals surface area (Å²) in [6, 6.07) is 8.49. The molecular formula is C20H24N2O2. The monoisotopic (exact) mass is 324 g/mol. The van der Waals surface area contributed by atoms with E-state index in [1.165, 1.54) is 12.8 Å². The van der Waals surface area contributed by atoms with Crippen LogP contribution in [-0.2, 0) is 4.79 Å². The smallest absolute Gasteiger partial charge is 0.136 e. The van der Waals surface area contributed by atoms with Crippen LogP contribution in [0.25, 0.3) is 0 Å². The standard InChI is InChI=1S/C20H24N2O2/c1-13(23)20-7-2-3-15(20)10-16(11-20)22-18-6-8-24-19-5-4-14(12-21)9-17(18)19/h4-5,9,15-16,18,22H,2-3,6-8,10-11H2,1H3/t15?,16?,18-,20?/m1/s1. The summed E-state index contributed by atoms with van der Waals surface area (Å²) in [4.78, 5) is 12.3. The van der Waals surface area contributed by atoms with Crippen LogP contribution in [0, 0.1) is 22.7 Å². The molecule has 2 aliphatic carbocycles. The van der Waals surface area contributed by atoms with Crippen LogP contribution in [0.4, 0.5) is 0 Å². The summed E-state index contributed by atoms with van der Waals surface area (Å²) in [6.07, 6.45) is 6.44. The van der Waals surface area contributed by atoms with Crippen molar-refractivity contribution in [2.24, 2.45) is 11.3 Å². The van der Waals surface area contributed by atoms with Gasteiger partial charge in [0.2, 0.25) is 0 Å². The maximum absolute atomic E-state index is 12.3. The van der Waals surface area contributed by atoms with Gasteiger partial charge >= 0.3 is 0 Å². The highest BCUT2D eigenvalue weighted by molar-refractivity contribution is 5.83. The molecule has 3 aliphatic rings. The van der Waals surface area contributed by atoms with E-state index in [-0.39, 0.29) is 11.5 Å². The van der Waals surface area contributed by atoms with Crippen LogP contribution in [-0.4, -0.2) is 18.4 Å². The molecule has 0 bridgehead atoms. The number of carbonyl (C=O) groups is 1. The largest absolute Gasteiger partial charge is 0.493 e. The van der Waals surface area contributed by atoms with E-state index in [9.17, 15) is 4.79 Å². The van der Waals surface area contributed by atoms with Crippen LogP contribution in [0.5, 0.6) is 5.75 Å². The van der Waals surface area contributed by atoms with Gasteiger partial charge in [0, 0.05) is 29.5 Å². The fraction of sp³-hybridized carbons (Fsp3) is 0.600. The van der Waals surface area contributed by atoms with E-state index in [2.05, 4.69) is 11.4 Å². The van der Waals surface area contributed by atoms with Gasteiger partial charge < -0.3 is 10.1 Å². The SMILES string of the molecule is CC(=O)C12CCCC1CC(N[C@@H]1CCOc3ccc(C#N)cc31)C2. The Hall–Kier alpha value is -1.86. The Balaban J connectivity index is 1.54. The number of nitriles is 1. The molecule has 1 aliphatic heterocycles. The van der Waals surface area contributed by atoms with Crippen LogP contribution in [0.3, 0.4) is 0 Å². The van der Waals surface area contributed by atoms with E-state index in [1.807, 2.05) is 18.2 Å². The van der Waals surface area contributed by atoms with Crippen LogP contribution in [0.15, 0.2) is 18.2 Å². The normalized spacial score (nSPS) is 34.1. The zero-order valence-corrected chi connectivity index (χ0v) is 14.2. The molecule has 1 aromatic carbocycles. The van der Waals surface area contributed by atoms with Crippen LogP contribution in [0.1, 0.15) is 62.6 Å². The second-order valence-corrected chi connectivity index (χ2v) is 7.66. The number of ketones is 1. The summed E-state index contributed by atoms with van der Waals surface area (Å²) in [5.74, 6) is 1.82. The van der Waals surface area contributed by atoms with Crippen molar-refractivity contribution in [1.29, 1.82) is 5.26 Å². The first kappa shape index (κ1) is 15.7. The molecule has 4 rings (SSSR count). The zero-order valence-electron chi connectivity index (χ0n) is 14.2. The average molecular weight is 324 g/mol. The van der Waals surface area contributed by atoms with E-state index in [1.54, 1.807) is 6.92 Å². The minimum atomic E-state index is -0.0693. The van der Waals surface area contributed by atoms with Crippen molar-refractivity contribution in [2.45, 2.75) is 57.5 Å². The van der Waals surface area contributed by atoms with Gasteiger partial charge in [-0.2, -0.15) is 5.26 Å². The number of hydrogen-bond acceptors (Lipinski definition) is 4. The number of fused-ring (bicyclic) bond motifs is 2. The first-order valence-corrected chi connectivity index (χ1v) is 9.06. The lowest BCUT2D eigenvalue weighted by molar-refractivity contribution is -0.127. The predicted molar refractivity (Wildman–Crippen MR) is 90.6 cm³/mol. The molecule has 0 spiro atoms. The summed E-state index contributed by atoms with van der Waals surface area (Å²) in [5.41, 5.74) is 1.70. The van der Waals surface area contributed by atoms with Crippen molar-refractivity contribution in [3.8, 4) is 11.8 Å². The lowest BCUT2D eigenvalue weighted by atomic mass is 9.77. The molecule has 0 aromatic heterocycles. The van der Waals surface area contributed by atoms with Gasteiger partial charge in [-0.1, -0.05) is 6.42 Å². The van der Waals surface area contributed by atoms with E-state index in [0.717, 1.165) is 37.0 Å². The van der Waals surface area contributed by atoms with E-state index in [0.29, 0.717) is 29.9 Å². The summed E-state index contributed by atoms with van der Waals surface area (Å²) >= 11 is 0. The fourth-order valence-electron chi connectivity index (χ4n) is 5.28. The number of ether oxygens (including phenoxy) is 1. The van der Waals surface area contributed by atoms with Gasteiger partial charge in [-0.3, -0.25) is 4.79 Å². The minimum absolute atomic E-state index is 0.0693. The molecule has 0 amide bonds. The molecule has 2 saturated carbocycles. The maximum atomic E-state index is 12.3. The lowest BCUT2D eigenvalue weighted by Gasteiger charge is -2.30. The highest BCUT2D eigenvalue weighted by atomic mass is 16.5. The van der Waals surface area contributed by atoms with Gasteiger partial charge in [0.1, 0.15) is 11.5 Å². The molecule has 0 saturated heterocycles. The first-order chi connectivity index (χ1) is 11.6. The Labute approximate surface area is 143 Å². The third-order valence-corrected chi connectivity index (χ3v) is 6.45. The van der Waals surface area contributed by atoms with Crippen molar-refractivity contribution < 1.29 is 9.53 Å². The van der Waals surface area contributed by atoms with Gasteiger partial charge in [0.05, 0.1) is 18.2 Å². The molecule has 2 fully saturated rings. The number of carbonyl (C=O) groups excluding carboxylic acids is 1. The molecule has 4 nitrogen and oxygen atoms in total. The molecule has 4 atom stereocenters. The van der Waals surface area contributed by atoms with Crippen molar-refractivity contribution in [3.05, 3.63) is 29.3 Å². The average Bonchev–Trinajstić information content (AvgIpc) is 3.12. The zero-order chi connectivity index (χ0) is 16.7. The summed E-state index contributed by atoms with van der Waals surface area (Å²) < 4.78 is 5.75. The summed E-state index contributed by atoms with van der Waals surface area (Å²) in [7, 11) is 0. The number of nitrogens with one attached hydrogen (secondary N) is 1. The van der Waals surface area contributed by atoms with E-state index in [4.69, 9.17) is 10.00 Å². The third kappa shape index (κ3) is 2.43. The predicted octanol–water partition coefficient (Wildman–Crippen LogP) is 3.51. The molecule has 3 unspecified atom stereocenters. The fourth-order valence-corrected chi connectivity index (χ4v) is 5.28. The number of rotatable bonds is 3. The molecule has 1 N–H and O–H groups in total. The van der Waals surface area contributed by atoms with E-state index >= 15 is 0 Å². The van der Waals surface area contributed by atoms with Crippen molar-refractivity contribution >= 4 is 5.78 Å². The van der Waals surface area contributed by atoms with Gasteiger partial charge in [0.15, 0.2) is 0 Å². The summed E-state index contributed by atoms with van der Waals surface area (Å²) in [6.45, 7) is 2.48. The Morgan fingerprint density at radius 3 is 3.04 bits per heavy atom. The molecule has 0 radical (unpaired) electrons.